The highest BCUT2D eigenvalue weighted by Gasteiger charge is 2.45. The summed E-state index contributed by atoms with van der Waals surface area (Å²) in [6, 6.07) is 0.318. The van der Waals surface area contributed by atoms with E-state index < -0.39 is 0 Å². The van der Waals surface area contributed by atoms with Crippen molar-refractivity contribution >= 4 is 0 Å². The van der Waals surface area contributed by atoms with Crippen LogP contribution in [-0.4, -0.2) is 75.3 Å². The third-order valence-electron chi connectivity index (χ3n) is 4.27. The van der Waals surface area contributed by atoms with Crippen molar-refractivity contribution in [3.05, 3.63) is 0 Å². The number of hydrogen-bond acceptors (Lipinski definition) is 5. The maximum Gasteiger partial charge on any atom is 0.0628 e. The van der Waals surface area contributed by atoms with Crippen LogP contribution in [0.3, 0.4) is 0 Å². The summed E-state index contributed by atoms with van der Waals surface area (Å²) in [5.74, 6) is 0.590. The van der Waals surface area contributed by atoms with Crippen LogP contribution >= 0.6 is 0 Å². The normalized spacial score (nSPS) is 20.1. The van der Waals surface area contributed by atoms with Crippen LogP contribution in [0.25, 0.3) is 0 Å². The summed E-state index contributed by atoms with van der Waals surface area (Å²) in [5, 5.41) is 13.5. The monoisotopic (exact) mass is 288 g/mol. The van der Waals surface area contributed by atoms with Crippen molar-refractivity contribution in [2.75, 3.05) is 53.7 Å². The fraction of sp³-hybridized carbons (Fsp3) is 1.00. The summed E-state index contributed by atoms with van der Waals surface area (Å²) >= 11 is 0. The number of ether oxygens (including phenoxy) is 2. The SMILES string of the molecule is CCNC(CO)(CN(CCOC)C(C)COC)C1CC1. The van der Waals surface area contributed by atoms with Gasteiger partial charge in [-0.1, -0.05) is 6.92 Å². The number of methoxy groups -OCH3 is 2. The zero-order valence-corrected chi connectivity index (χ0v) is 13.5. The van der Waals surface area contributed by atoms with E-state index in [2.05, 4.69) is 24.1 Å². The highest BCUT2D eigenvalue weighted by molar-refractivity contribution is 5.03. The molecule has 1 fully saturated rings. The molecule has 0 aliphatic heterocycles. The number of nitrogens with zero attached hydrogens (tertiary/aromatic N) is 1. The van der Waals surface area contributed by atoms with Gasteiger partial charge >= 0.3 is 0 Å². The van der Waals surface area contributed by atoms with Crippen molar-refractivity contribution in [1.82, 2.24) is 10.2 Å². The van der Waals surface area contributed by atoms with Gasteiger partial charge in [-0.25, -0.2) is 0 Å². The van der Waals surface area contributed by atoms with E-state index >= 15 is 0 Å². The lowest BCUT2D eigenvalue weighted by Gasteiger charge is -2.40. The molecule has 0 spiro atoms. The minimum atomic E-state index is -0.176. The predicted molar refractivity (Wildman–Crippen MR) is 81.0 cm³/mol. The Balaban J connectivity index is 2.71. The molecule has 5 heteroatoms. The van der Waals surface area contributed by atoms with Gasteiger partial charge in [0, 0.05) is 33.4 Å². The smallest absolute Gasteiger partial charge is 0.0628 e. The fourth-order valence-corrected chi connectivity index (χ4v) is 2.93. The Morgan fingerprint density at radius 3 is 2.50 bits per heavy atom. The van der Waals surface area contributed by atoms with Gasteiger partial charge in [0.15, 0.2) is 0 Å². The zero-order valence-electron chi connectivity index (χ0n) is 13.5. The Morgan fingerprint density at radius 1 is 1.35 bits per heavy atom. The van der Waals surface area contributed by atoms with Gasteiger partial charge in [-0.05, 0) is 32.2 Å². The lowest BCUT2D eigenvalue weighted by atomic mass is 9.92. The lowest BCUT2D eigenvalue weighted by Crippen LogP contribution is -2.60. The topological polar surface area (TPSA) is 54.0 Å². The van der Waals surface area contributed by atoms with Gasteiger partial charge in [-0.2, -0.15) is 0 Å². The maximum absolute atomic E-state index is 9.95. The fourth-order valence-electron chi connectivity index (χ4n) is 2.93. The molecule has 2 N–H and O–H groups in total. The van der Waals surface area contributed by atoms with Crippen molar-refractivity contribution in [2.45, 2.75) is 38.3 Å². The molecule has 1 rings (SSSR count). The molecule has 2 unspecified atom stereocenters. The lowest BCUT2D eigenvalue weighted by molar-refractivity contribution is 0.0315. The van der Waals surface area contributed by atoms with Crippen LogP contribution in [-0.2, 0) is 9.47 Å². The Kier molecular flexibility index (Phi) is 7.99. The van der Waals surface area contributed by atoms with Crippen LogP contribution in [0.1, 0.15) is 26.7 Å². The van der Waals surface area contributed by atoms with Crippen LogP contribution in [0.5, 0.6) is 0 Å². The first-order valence-corrected chi connectivity index (χ1v) is 7.71. The standard InChI is InChI=1S/C15H32N2O3/c1-5-16-15(12-18,14-6-7-14)11-17(8-9-19-3)13(2)10-20-4/h13-14,16,18H,5-12H2,1-4H3. The highest BCUT2D eigenvalue weighted by Crippen LogP contribution is 2.40. The zero-order chi connectivity index (χ0) is 15.0. The van der Waals surface area contributed by atoms with Gasteiger partial charge in [0.1, 0.15) is 0 Å². The number of aliphatic hydroxyl groups excluding tert-OH is 1. The molecule has 0 radical (unpaired) electrons. The Labute approximate surface area is 123 Å². The molecule has 20 heavy (non-hydrogen) atoms. The van der Waals surface area contributed by atoms with E-state index in [1.165, 1.54) is 12.8 Å². The number of nitrogens with one attached hydrogen (secondary N) is 1. The van der Waals surface area contributed by atoms with Crippen molar-refractivity contribution in [1.29, 1.82) is 0 Å². The van der Waals surface area contributed by atoms with E-state index in [1.807, 2.05) is 0 Å². The molecule has 0 aromatic rings. The third kappa shape index (κ3) is 4.97. The van der Waals surface area contributed by atoms with E-state index in [9.17, 15) is 5.11 Å². The van der Waals surface area contributed by atoms with Gasteiger partial charge in [-0.3, -0.25) is 4.90 Å². The molecule has 0 heterocycles. The molecule has 0 amide bonds. The van der Waals surface area contributed by atoms with Gasteiger partial charge < -0.3 is 19.9 Å². The molecular formula is C15H32N2O3. The minimum Gasteiger partial charge on any atom is -0.394 e. The molecule has 1 aliphatic rings. The van der Waals surface area contributed by atoms with Crippen molar-refractivity contribution in [3.8, 4) is 0 Å². The van der Waals surface area contributed by atoms with E-state index in [0.717, 1.165) is 19.6 Å². The molecule has 120 valence electrons. The number of rotatable bonds is 12. The Morgan fingerprint density at radius 2 is 2.05 bits per heavy atom. The summed E-state index contributed by atoms with van der Waals surface area (Å²) in [4.78, 5) is 2.37. The number of aliphatic hydroxyl groups is 1. The Hall–Kier alpha value is -0.200. The van der Waals surface area contributed by atoms with Gasteiger partial charge in [0.05, 0.1) is 25.4 Å². The molecule has 0 aromatic carbocycles. The summed E-state index contributed by atoms with van der Waals surface area (Å²) in [5.41, 5.74) is -0.176. The molecule has 5 nitrogen and oxygen atoms in total. The van der Waals surface area contributed by atoms with Crippen LogP contribution in [0.4, 0.5) is 0 Å². The summed E-state index contributed by atoms with van der Waals surface area (Å²) in [7, 11) is 3.46. The summed E-state index contributed by atoms with van der Waals surface area (Å²) < 4.78 is 10.5. The van der Waals surface area contributed by atoms with Crippen LogP contribution < -0.4 is 5.32 Å². The van der Waals surface area contributed by atoms with Crippen molar-refractivity contribution in [3.63, 3.8) is 0 Å². The number of hydrogen-bond donors (Lipinski definition) is 2. The Bertz CT molecular complexity index is 262. The predicted octanol–water partition coefficient (Wildman–Crippen LogP) is 0.720. The molecular weight excluding hydrogens is 256 g/mol. The highest BCUT2D eigenvalue weighted by atomic mass is 16.5. The molecule has 1 aliphatic carbocycles. The first-order chi connectivity index (χ1) is 9.63. The second kappa shape index (κ2) is 8.95. The van der Waals surface area contributed by atoms with E-state index in [0.29, 0.717) is 25.2 Å². The maximum atomic E-state index is 9.95. The minimum absolute atomic E-state index is 0.176. The van der Waals surface area contributed by atoms with Crippen molar-refractivity contribution in [2.24, 2.45) is 5.92 Å². The summed E-state index contributed by atoms with van der Waals surface area (Å²) in [6.07, 6.45) is 2.43. The average Bonchev–Trinajstić information content (AvgIpc) is 3.27. The molecule has 1 saturated carbocycles. The van der Waals surface area contributed by atoms with Crippen LogP contribution in [0.2, 0.25) is 0 Å². The molecule has 0 bridgehead atoms. The van der Waals surface area contributed by atoms with Gasteiger partial charge in [0.25, 0.3) is 0 Å². The van der Waals surface area contributed by atoms with E-state index in [1.54, 1.807) is 14.2 Å². The molecule has 0 saturated heterocycles. The largest absolute Gasteiger partial charge is 0.394 e. The van der Waals surface area contributed by atoms with Crippen LogP contribution in [0.15, 0.2) is 0 Å². The first kappa shape index (κ1) is 17.9. The van der Waals surface area contributed by atoms with Gasteiger partial charge in [0.2, 0.25) is 0 Å². The number of likely N-dealkylation sites (N-methyl/N-ethyl adjacent to an activating group) is 1. The van der Waals surface area contributed by atoms with E-state index in [-0.39, 0.29) is 12.1 Å². The second-order valence-electron chi connectivity index (χ2n) is 5.89. The molecule has 0 aromatic heterocycles. The van der Waals surface area contributed by atoms with E-state index in [4.69, 9.17) is 9.47 Å². The van der Waals surface area contributed by atoms with Crippen LogP contribution in [0, 0.1) is 5.92 Å². The quantitative estimate of drug-likeness (QED) is 0.554. The van der Waals surface area contributed by atoms with Gasteiger partial charge in [-0.15, -0.1) is 0 Å². The second-order valence-corrected chi connectivity index (χ2v) is 5.89. The first-order valence-electron chi connectivity index (χ1n) is 7.71. The third-order valence-corrected chi connectivity index (χ3v) is 4.27. The summed E-state index contributed by atoms with van der Waals surface area (Å²) in [6.45, 7) is 8.44. The van der Waals surface area contributed by atoms with Crippen molar-refractivity contribution < 1.29 is 14.6 Å². The average molecular weight is 288 g/mol. The molecule has 2 atom stereocenters.